The van der Waals surface area contributed by atoms with Crippen LogP contribution in [0.1, 0.15) is 44.1 Å². The van der Waals surface area contributed by atoms with E-state index in [0.29, 0.717) is 6.42 Å². The molecule has 0 radical (unpaired) electrons. The first kappa shape index (κ1) is 16.7. The van der Waals surface area contributed by atoms with Crippen LogP contribution in [0.15, 0.2) is 18.2 Å². The van der Waals surface area contributed by atoms with Crippen molar-refractivity contribution in [2.45, 2.75) is 56.6 Å². The molecule has 0 aromatic heterocycles. The number of nitrogens with two attached hydrogens (primary N) is 1. The fourth-order valence-electron chi connectivity index (χ4n) is 3.32. The molecular formula is C16H24ClFN2O. The highest BCUT2D eigenvalue weighted by Crippen LogP contribution is 2.34. The molecule has 118 valence electrons. The molecule has 0 saturated heterocycles. The lowest BCUT2D eigenvalue weighted by atomic mass is 9.83. The van der Waals surface area contributed by atoms with E-state index in [-0.39, 0.29) is 16.7 Å². The summed E-state index contributed by atoms with van der Waals surface area (Å²) in [6.07, 6.45) is 7.44. The Hall–Kier alpha value is -0.680. The maximum Gasteiger partial charge on any atom is 0.141 e. The molecule has 1 saturated carbocycles. The van der Waals surface area contributed by atoms with E-state index in [4.69, 9.17) is 22.2 Å². The summed E-state index contributed by atoms with van der Waals surface area (Å²) < 4.78 is 19.2. The monoisotopic (exact) mass is 314 g/mol. The molecule has 3 nitrogen and oxygen atoms in total. The molecule has 2 rings (SSSR count). The van der Waals surface area contributed by atoms with Crippen LogP contribution < -0.4 is 11.3 Å². The molecule has 1 fully saturated rings. The number of benzene rings is 1. The predicted octanol–water partition coefficient (Wildman–Crippen LogP) is 3.59. The third-order valence-corrected chi connectivity index (χ3v) is 4.91. The molecule has 1 unspecified atom stereocenters. The topological polar surface area (TPSA) is 47.3 Å². The molecule has 5 heteroatoms. The van der Waals surface area contributed by atoms with Crippen molar-refractivity contribution in [1.82, 2.24) is 5.43 Å². The zero-order valence-electron chi connectivity index (χ0n) is 12.5. The number of methoxy groups -OCH3 is 1. The van der Waals surface area contributed by atoms with Crippen LogP contribution in [-0.4, -0.2) is 18.8 Å². The van der Waals surface area contributed by atoms with Gasteiger partial charge in [0.25, 0.3) is 0 Å². The first-order chi connectivity index (χ1) is 10.1. The number of nitrogens with one attached hydrogen (secondary N) is 1. The Kier molecular flexibility index (Phi) is 5.99. The Morgan fingerprint density at radius 3 is 2.52 bits per heavy atom. The lowest BCUT2D eigenvalue weighted by molar-refractivity contribution is -0.0527. The number of ether oxygens (including phenoxy) is 1. The second-order valence-corrected chi connectivity index (χ2v) is 6.26. The van der Waals surface area contributed by atoms with E-state index in [0.717, 1.165) is 31.2 Å². The quantitative estimate of drug-likeness (QED) is 0.496. The van der Waals surface area contributed by atoms with Crippen molar-refractivity contribution in [1.29, 1.82) is 0 Å². The first-order valence-electron chi connectivity index (χ1n) is 7.56. The number of hydrogen-bond donors (Lipinski definition) is 2. The Labute approximate surface area is 131 Å². The SMILES string of the molecule is COC1(C(Cc2ccc(F)c(Cl)c2)NN)CCCCCC1. The van der Waals surface area contributed by atoms with Gasteiger partial charge < -0.3 is 4.74 Å². The van der Waals surface area contributed by atoms with Gasteiger partial charge in [0.05, 0.1) is 16.7 Å². The van der Waals surface area contributed by atoms with Gasteiger partial charge in [-0.15, -0.1) is 0 Å². The average Bonchev–Trinajstić information content (AvgIpc) is 2.74. The Bertz CT molecular complexity index is 462. The summed E-state index contributed by atoms with van der Waals surface area (Å²) in [6, 6.07) is 4.81. The van der Waals surface area contributed by atoms with Crippen molar-refractivity contribution in [3.63, 3.8) is 0 Å². The van der Waals surface area contributed by atoms with Gasteiger partial charge in [0.15, 0.2) is 0 Å². The van der Waals surface area contributed by atoms with Crippen LogP contribution in [-0.2, 0) is 11.2 Å². The van der Waals surface area contributed by atoms with E-state index in [1.807, 2.05) is 0 Å². The standard InChI is InChI=1S/C16H24ClFN2O/c1-21-16(8-4-2-3-5-9-16)15(20-19)11-12-6-7-14(18)13(17)10-12/h6-7,10,15,20H,2-5,8-9,11,19H2,1H3. The van der Waals surface area contributed by atoms with E-state index in [1.54, 1.807) is 19.2 Å². The number of hydrogen-bond acceptors (Lipinski definition) is 3. The third-order valence-electron chi connectivity index (χ3n) is 4.62. The van der Waals surface area contributed by atoms with Crippen LogP contribution in [0.5, 0.6) is 0 Å². The number of hydrazine groups is 1. The molecule has 0 heterocycles. The number of rotatable bonds is 5. The smallest absolute Gasteiger partial charge is 0.141 e. The Morgan fingerprint density at radius 2 is 2.00 bits per heavy atom. The van der Waals surface area contributed by atoms with Crippen LogP contribution in [0, 0.1) is 5.82 Å². The minimum Gasteiger partial charge on any atom is -0.377 e. The molecule has 3 N–H and O–H groups in total. The number of halogens is 2. The van der Waals surface area contributed by atoms with Gasteiger partial charge in [-0.05, 0) is 37.0 Å². The van der Waals surface area contributed by atoms with Gasteiger partial charge >= 0.3 is 0 Å². The minimum absolute atomic E-state index is 0.0119. The van der Waals surface area contributed by atoms with Crippen LogP contribution in [0.25, 0.3) is 0 Å². The summed E-state index contributed by atoms with van der Waals surface area (Å²) >= 11 is 5.86. The van der Waals surface area contributed by atoms with Crippen LogP contribution >= 0.6 is 11.6 Å². The van der Waals surface area contributed by atoms with Gasteiger partial charge in [-0.2, -0.15) is 0 Å². The fourth-order valence-corrected chi connectivity index (χ4v) is 3.52. The summed E-state index contributed by atoms with van der Waals surface area (Å²) in [6.45, 7) is 0. The van der Waals surface area contributed by atoms with Crippen molar-refractivity contribution >= 4 is 11.6 Å². The first-order valence-corrected chi connectivity index (χ1v) is 7.94. The summed E-state index contributed by atoms with van der Waals surface area (Å²) in [5.41, 5.74) is 3.62. The van der Waals surface area contributed by atoms with E-state index in [1.165, 1.54) is 18.9 Å². The zero-order valence-corrected chi connectivity index (χ0v) is 13.3. The lowest BCUT2D eigenvalue weighted by Gasteiger charge is -2.39. The summed E-state index contributed by atoms with van der Waals surface area (Å²) in [4.78, 5) is 0. The van der Waals surface area contributed by atoms with Crippen molar-refractivity contribution in [3.8, 4) is 0 Å². The maximum atomic E-state index is 13.3. The van der Waals surface area contributed by atoms with Crippen LogP contribution in [0.2, 0.25) is 5.02 Å². The van der Waals surface area contributed by atoms with Gasteiger partial charge in [0.2, 0.25) is 0 Å². The molecule has 1 aliphatic carbocycles. The van der Waals surface area contributed by atoms with Gasteiger partial charge in [-0.1, -0.05) is 43.4 Å². The molecule has 0 aliphatic heterocycles. The summed E-state index contributed by atoms with van der Waals surface area (Å²) in [5.74, 6) is 5.40. The summed E-state index contributed by atoms with van der Waals surface area (Å²) in [5, 5.41) is 0.149. The average molecular weight is 315 g/mol. The van der Waals surface area contributed by atoms with Gasteiger partial charge in [-0.25, -0.2) is 4.39 Å². The molecule has 0 bridgehead atoms. The molecule has 1 atom stereocenters. The molecule has 21 heavy (non-hydrogen) atoms. The third kappa shape index (κ3) is 3.95. The normalized spacial score (nSPS) is 20.0. The van der Waals surface area contributed by atoms with Crippen molar-refractivity contribution in [2.75, 3.05) is 7.11 Å². The van der Waals surface area contributed by atoms with Crippen LogP contribution in [0.4, 0.5) is 4.39 Å². The minimum atomic E-state index is -0.395. The largest absolute Gasteiger partial charge is 0.377 e. The fraction of sp³-hybridized carbons (Fsp3) is 0.625. The maximum absolute atomic E-state index is 13.3. The molecule has 1 aromatic rings. The van der Waals surface area contributed by atoms with E-state index >= 15 is 0 Å². The highest BCUT2D eigenvalue weighted by Gasteiger charge is 2.38. The van der Waals surface area contributed by atoms with Crippen molar-refractivity contribution in [2.24, 2.45) is 5.84 Å². The molecule has 0 amide bonds. The highest BCUT2D eigenvalue weighted by molar-refractivity contribution is 6.30. The Morgan fingerprint density at radius 1 is 1.33 bits per heavy atom. The second kappa shape index (κ2) is 7.54. The van der Waals surface area contributed by atoms with Crippen LogP contribution in [0.3, 0.4) is 0 Å². The highest BCUT2D eigenvalue weighted by atomic mass is 35.5. The zero-order chi connectivity index (χ0) is 15.3. The summed E-state index contributed by atoms with van der Waals surface area (Å²) in [7, 11) is 1.76. The predicted molar refractivity (Wildman–Crippen MR) is 83.7 cm³/mol. The van der Waals surface area contributed by atoms with Gasteiger partial charge in [0, 0.05) is 7.11 Å². The molecular weight excluding hydrogens is 291 g/mol. The van der Waals surface area contributed by atoms with Crippen molar-refractivity contribution < 1.29 is 9.13 Å². The van der Waals surface area contributed by atoms with E-state index < -0.39 is 5.82 Å². The van der Waals surface area contributed by atoms with E-state index in [2.05, 4.69) is 5.43 Å². The molecule has 1 aliphatic rings. The van der Waals surface area contributed by atoms with Gasteiger partial charge in [-0.3, -0.25) is 11.3 Å². The Balaban J connectivity index is 2.18. The van der Waals surface area contributed by atoms with E-state index in [9.17, 15) is 4.39 Å². The lowest BCUT2D eigenvalue weighted by Crippen LogP contribution is -2.55. The van der Waals surface area contributed by atoms with Crippen molar-refractivity contribution in [3.05, 3.63) is 34.6 Å². The second-order valence-electron chi connectivity index (χ2n) is 5.85. The van der Waals surface area contributed by atoms with Gasteiger partial charge in [0.1, 0.15) is 5.82 Å². The molecule has 1 aromatic carbocycles. The molecule has 0 spiro atoms.